The summed E-state index contributed by atoms with van der Waals surface area (Å²) >= 11 is 0. The molecular weight excluding hydrogens is 187 g/mol. The van der Waals surface area contributed by atoms with E-state index in [2.05, 4.69) is 48.6 Å². The quantitative estimate of drug-likeness (QED) is 0.561. The first kappa shape index (κ1) is 8.20. The molecule has 1 heterocycles. The third-order valence-corrected chi connectivity index (χ3v) is 4.09. The molecule has 1 atom stereocenters. The van der Waals surface area contributed by atoms with Gasteiger partial charge in [-0.25, -0.2) is 0 Å². The van der Waals surface area contributed by atoms with Crippen LogP contribution in [0.15, 0.2) is 53.4 Å². The van der Waals surface area contributed by atoms with Crippen molar-refractivity contribution in [3.8, 4) is 0 Å². The summed E-state index contributed by atoms with van der Waals surface area (Å²) in [4.78, 5) is 0. The van der Waals surface area contributed by atoms with Crippen LogP contribution in [0.25, 0.3) is 6.08 Å². The minimum atomic E-state index is 0.844. The second-order valence-electron chi connectivity index (χ2n) is 3.57. The van der Waals surface area contributed by atoms with Crippen molar-refractivity contribution >= 4 is 20.0 Å². The highest BCUT2D eigenvalue weighted by Gasteiger charge is 2.13. The van der Waals surface area contributed by atoms with E-state index in [1.54, 1.807) is 0 Å². The molecule has 0 bridgehead atoms. The van der Waals surface area contributed by atoms with Crippen LogP contribution in [0.4, 0.5) is 0 Å². The molecule has 0 nitrogen and oxygen atoms in total. The minimum absolute atomic E-state index is 0.844. The summed E-state index contributed by atoms with van der Waals surface area (Å²) in [7, 11) is 0.844. The molecule has 1 unspecified atom stereocenters. The highest BCUT2D eigenvalue weighted by atomic mass is 31.1. The first-order valence-corrected chi connectivity index (χ1v) is 5.88. The van der Waals surface area contributed by atoms with E-state index >= 15 is 0 Å². The third kappa shape index (κ3) is 1.27. The summed E-state index contributed by atoms with van der Waals surface area (Å²) in [6.07, 6.45) is 10.2. The average molecular weight is 198 g/mol. The number of hydrogen-bond donors (Lipinski definition) is 0. The van der Waals surface area contributed by atoms with E-state index in [0.717, 1.165) is 15.0 Å². The van der Waals surface area contributed by atoms with Crippen LogP contribution in [0.1, 0.15) is 12.0 Å². The SMILES string of the molecule is C1=CC2=Cc3ccccc3PC2=CC1. The number of allylic oxidation sites excluding steroid dienone is 5. The molecule has 0 spiro atoms. The molecule has 0 saturated heterocycles. The zero-order chi connectivity index (χ0) is 9.38. The Bertz CT molecular complexity index is 464. The van der Waals surface area contributed by atoms with E-state index in [1.807, 2.05) is 0 Å². The molecule has 1 aliphatic heterocycles. The molecule has 0 radical (unpaired) electrons. The third-order valence-electron chi connectivity index (χ3n) is 2.61. The molecule has 1 heteroatoms. The van der Waals surface area contributed by atoms with E-state index < -0.39 is 0 Å². The van der Waals surface area contributed by atoms with Gasteiger partial charge < -0.3 is 0 Å². The lowest BCUT2D eigenvalue weighted by atomic mass is 10.1. The van der Waals surface area contributed by atoms with Crippen molar-refractivity contribution in [2.75, 3.05) is 0 Å². The predicted molar refractivity (Wildman–Crippen MR) is 64.2 cm³/mol. The molecule has 1 aromatic rings. The summed E-state index contributed by atoms with van der Waals surface area (Å²) < 4.78 is 0. The molecular formula is C13H11P. The minimum Gasteiger partial charge on any atom is -0.0801 e. The molecule has 3 rings (SSSR count). The Morgan fingerprint density at radius 1 is 1.14 bits per heavy atom. The van der Waals surface area contributed by atoms with Gasteiger partial charge in [-0.1, -0.05) is 51.1 Å². The van der Waals surface area contributed by atoms with Crippen molar-refractivity contribution in [2.24, 2.45) is 0 Å². The average Bonchev–Trinajstić information content (AvgIpc) is 2.26. The van der Waals surface area contributed by atoms with Gasteiger partial charge in [0.25, 0.3) is 0 Å². The topological polar surface area (TPSA) is 0 Å². The number of fused-ring (bicyclic) bond motifs is 2. The fourth-order valence-corrected chi connectivity index (χ4v) is 3.18. The van der Waals surface area contributed by atoms with Gasteiger partial charge in [0.15, 0.2) is 0 Å². The number of benzene rings is 1. The first-order valence-electron chi connectivity index (χ1n) is 4.88. The molecule has 0 fully saturated rings. The molecule has 0 aromatic heterocycles. The fraction of sp³-hybridized carbons (Fsp3) is 0.0769. The van der Waals surface area contributed by atoms with Crippen LogP contribution in [-0.2, 0) is 0 Å². The Balaban J connectivity index is 2.17. The van der Waals surface area contributed by atoms with Crippen LogP contribution >= 0.6 is 8.58 Å². The Labute approximate surface area is 85.8 Å². The van der Waals surface area contributed by atoms with Gasteiger partial charge in [0.1, 0.15) is 0 Å². The van der Waals surface area contributed by atoms with Gasteiger partial charge in [-0.05, 0) is 34.3 Å². The van der Waals surface area contributed by atoms with Gasteiger partial charge in [0, 0.05) is 0 Å². The Kier molecular flexibility index (Phi) is 1.89. The second kappa shape index (κ2) is 3.22. The van der Waals surface area contributed by atoms with E-state index in [0.29, 0.717) is 0 Å². The molecule has 0 N–H and O–H groups in total. The highest BCUT2D eigenvalue weighted by Crippen LogP contribution is 2.38. The molecule has 0 saturated carbocycles. The smallest absolute Gasteiger partial charge is 0.0154 e. The summed E-state index contributed by atoms with van der Waals surface area (Å²) in [5.41, 5.74) is 2.80. The normalized spacial score (nSPS) is 19.7. The van der Waals surface area contributed by atoms with Crippen molar-refractivity contribution in [3.63, 3.8) is 0 Å². The van der Waals surface area contributed by atoms with Gasteiger partial charge in [0.05, 0.1) is 0 Å². The summed E-state index contributed by atoms with van der Waals surface area (Å²) in [5.74, 6) is 0. The molecule has 14 heavy (non-hydrogen) atoms. The van der Waals surface area contributed by atoms with Crippen molar-refractivity contribution in [1.29, 1.82) is 0 Å². The van der Waals surface area contributed by atoms with Crippen LogP contribution in [-0.4, -0.2) is 0 Å². The molecule has 1 aliphatic carbocycles. The first-order chi connectivity index (χ1) is 6.93. The highest BCUT2D eigenvalue weighted by molar-refractivity contribution is 7.52. The van der Waals surface area contributed by atoms with Crippen molar-refractivity contribution in [1.82, 2.24) is 0 Å². The zero-order valence-electron chi connectivity index (χ0n) is 7.83. The summed E-state index contributed by atoms with van der Waals surface area (Å²) in [5, 5.41) is 3.00. The Morgan fingerprint density at radius 3 is 3.07 bits per heavy atom. The Hall–Kier alpha value is -1.13. The van der Waals surface area contributed by atoms with Crippen LogP contribution in [0.3, 0.4) is 0 Å². The lowest BCUT2D eigenvalue weighted by Crippen LogP contribution is -2.06. The monoisotopic (exact) mass is 198 g/mol. The van der Waals surface area contributed by atoms with Crippen LogP contribution in [0, 0.1) is 0 Å². The second-order valence-corrected chi connectivity index (χ2v) is 4.90. The maximum absolute atomic E-state index is 2.35. The maximum atomic E-state index is 2.35. The molecule has 0 amide bonds. The van der Waals surface area contributed by atoms with Gasteiger partial charge in [-0.2, -0.15) is 0 Å². The van der Waals surface area contributed by atoms with Crippen LogP contribution in [0.5, 0.6) is 0 Å². The van der Waals surface area contributed by atoms with Gasteiger partial charge in [0.2, 0.25) is 0 Å². The van der Waals surface area contributed by atoms with E-state index in [4.69, 9.17) is 0 Å². The van der Waals surface area contributed by atoms with E-state index in [-0.39, 0.29) is 0 Å². The molecule has 2 aliphatic rings. The van der Waals surface area contributed by atoms with Crippen molar-refractivity contribution < 1.29 is 0 Å². The standard InChI is InChI=1S/C13H11P/c1-3-7-12-10(5-1)9-11-6-2-4-8-13(11)14-12/h1-3,5-9,14H,4H2. The summed E-state index contributed by atoms with van der Waals surface area (Å²) in [6.45, 7) is 0. The lowest BCUT2D eigenvalue weighted by Gasteiger charge is -2.19. The largest absolute Gasteiger partial charge is 0.0801 e. The lowest BCUT2D eigenvalue weighted by molar-refractivity contribution is 1.33. The van der Waals surface area contributed by atoms with Crippen molar-refractivity contribution in [3.05, 3.63) is 58.9 Å². The molecule has 1 aromatic carbocycles. The van der Waals surface area contributed by atoms with Crippen LogP contribution < -0.4 is 5.30 Å². The zero-order valence-corrected chi connectivity index (χ0v) is 8.83. The predicted octanol–water partition coefficient (Wildman–Crippen LogP) is 3.23. The fourth-order valence-electron chi connectivity index (χ4n) is 1.89. The maximum Gasteiger partial charge on any atom is -0.0154 e. The van der Waals surface area contributed by atoms with Crippen LogP contribution in [0.2, 0.25) is 0 Å². The van der Waals surface area contributed by atoms with Gasteiger partial charge in [-0.15, -0.1) is 0 Å². The molecule has 68 valence electrons. The number of rotatable bonds is 0. The number of hydrogen-bond acceptors (Lipinski definition) is 0. The van der Waals surface area contributed by atoms with Gasteiger partial charge >= 0.3 is 0 Å². The van der Waals surface area contributed by atoms with E-state index in [1.165, 1.54) is 21.8 Å². The summed E-state index contributed by atoms with van der Waals surface area (Å²) in [6, 6.07) is 8.68. The Morgan fingerprint density at radius 2 is 2.07 bits per heavy atom. The van der Waals surface area contributed by atoms with E-state index in [9.17, 15) is 0 Å². The van der Waals surface area contributed by atoms with Crippen molar-refractivity contribution in [2.45, 2.75) is 6.42 Å². The van der Waals surface area contributed by atoms with Gasteiger partial charge in [-0.3, -0.25) is 0 Å².